The highest BCUT2D eigenvalue weighted by Gasteiger charge is 2.48. The number of nitrogens with one attached hydrogen (secondary N) is 1. The molecule has 0 atom stereocenters. The van der Waals surface area contributed by atoms with Gasteiger partial charge in [-0.1, -0.05) is 12.1 Å². The summed E-state index contributed by atoms with van der Waals surface area (Å²) in [5, 5.41) is 3.41. The summed E-state index contributed by atoms with van der Waals surface area (Å²) in [6.07, 6.45) is 8.57. The second-order valence-corrected chi connectivity index (χ2v) is 8.20. The van der Waals surface area contributed by atoms with Crippen LogP contribution in [0.2, 0.25) is 0 Å². The molecular weight excluding hydrogens is 314 g/mol. The van der Waals surface area contributed by atoms with Crippen LogP contribution >= 0.6 is 0 Å². The van der Waals surface area contributed by atoms with Crippen LogP contribution in [0.3, 0.4) is 0 Å². The minimum absolute atomic E-state index is 0.0512. The number of ether oxygens (including phenoxy) is 2. The molecule has 1 N–H and O–H groups in total. The van der Waals surface area contributed by atoms with E-state index < -0.39 is 0 Å². The molecule has 4 heteroatoms. The average Bonchev–Trinajstić information content (AvgIpc) is 2.63. The van der Waals surface area contributed by atoms with Crippen molar-refractivity contribution in [2.75, 3.05) is 13.7 Å². The van der Waals surface area contributed by atoms with Crippen molar-refractivity contribution in [3.05, 3.63) is 29.8 Å². The number of methoxy groups -OCH3 is 1. The van der Waals surface area contributed by atoms with Gasteiger partial charge in [-0.05, 0) is 67.9 Å². The molecule has 1 amide bonds. The Morgan fingerprint density at radius 1 is 1.12 bits per heavy atom. The van der Waals surface area contributed by atoms with E-state index in [1.165, 1.54) is 32.1 Å². The molecule has 6 rings (SSSR count). The standard InChI is InChI=1S/C21H25NO3/c1-24-18-4-2-3-16-17(5-6-25-20(16)18)21(23)22-19-14-8-12-7-13(10-14)11-15(19)9-12/h2-5,12-15,19H,6-11H2,1H3,(H,22,23). The Morgan fingerprint density at radius 2 is 1.84 bits per heavy atom. The number of fused-ring (bicyclic) bond motifs is 1. The van der Waals surface area contributed by atoms with Crippen LogP contribution in [0.25, 0.3) is 5.57 Å². The monoisotopic (exact) mass is 339 g/mol. The maximum absolute atomic E-state index is 13.1. The third kappa shape index (κ3) is 2.45. The summed E-state index contributed by atoms with van der Waals surface area (Å²) in [5.74, 6) is 4.63. The van der Waals surface area contributed by atoms with E-state index in [9.17, 15) is 4.79 Å². The molecule has 0 radical (unpaired) electrons. The van der Waals surface area contributed by atoms with Gasteiger partial charge in [0.15, 0.2) is 11.5 Å². The number of benzene rings is 1. The van der Waals surface area contributed by atoms with Crippen LogP contribution in [0.5, 0.6) is 11.5 Å². The van der Waals surface area contributed by atoms with E-state index in [0.717, 1.165) is 23.0 Å². The number of rotatable bonds is 3. The molecule has 4 bridgehead atoms. The Morgan fingerprint density at radius 3 is 2.52 bits per heavy atom. The normalized spacial score (nSPS) is 34.8. The number of hydrogen-bond donors (Lipinski definition) is 1. The first kappa shape index (κ1) is 15.3. The van der Waals surface area contributed by atoms with Crippen LogP contribution in [-0.4, -0.2) is 25.7 Å². The molecule has 4 nitrogen and oxygen atoms in total. The van der Waals surface area contributed by atoms with Gasteiger partial charge in [0.25, 0.3) is 5.91 Å². The first-order valence-corrected chi connectivity index (χ1v) is 9.54. The van der Waals surface area contributed by atoms with E-state index in [2.05, 4.69) is 5.32 Å². The van der Waals surface area contributed by atoms with Gasteiger partial charge in [-0.15, -0.1) is 0 Å². The zero-order chi connectivity index (χ0) is 17.0. The van der Waals surface area contributed by atoms with Crippen LogP contribution in [0.15, 0.2) is 24.3 Å². The van der Waals surface area contributed by atoms with E-state index in [1.54, 1.807) is 7.11 Å². The Labute approximate surface area is 148 Å². The minimum atomic E-state index is 0.0512. The zero-order valence-corrected chi connectivity index (χ0v) is 14.7. The molecule has 1 aliphatic heterocycles. The first-order valence-electron chi connectivity index (χ1n) is 9.54. The lowest BCUT2D eigenvalue weighted by Crippen LogP contribution is -2.56. The van der Waals surface area contributed by atoms with Crippen molar-refractivity contribution in [2.45, 2.75) is 38.1 Å². The lowest BCUT2D eigenvalue weighted by atomic mass is 9.54. The van der Waals surface area contributed by atoms with Crippen molar-refractivity contribution in [3.63, 3.8) is 0 Å². The number of para-hydroxylation sites is 1. The van der Waals surface area contributed by atoms with Gasteiger partial charge in [-0.25, -0.2) is 0 Å². The van der Waals surface area contributed by atoms with Crippen molar-refractivity contribution in [1.29, 1.82) is 0 Å². The third-order valence-electron chi connectivity index (χ3n) is 6.77. The Kier molecular flexibility index (Phi) is 3.54. The molecule has 4 fully saturated rings. The van der Waals surface area contributed by atoms with Crippen LogP contribution in [0, 0.1) is 23.7 Å². The second-order valence-electron chi connectivity index (χ2n) is 8.20. The van der Waals surface area contributed by atoms with Crippen LogP contribution in [0.4, 0.5) is 0 Å². The summed E-state index contributed by atoms with van der Waals surface area (Å²) >= 11 is 0. The molecule has 5 aliphatic rings. The van der Waals surface area contributed by atoms with Crippen LogP contribution in [0.1, 0.15) is 37.7 Å². The molecule has 1 aromatic carbocycles. The molecule has 25 heavy (non-hydrogen) atoms. The van der Waals surface area contributed by atoms with E-state index in [-0.39, 0.29) is 5.91 Å². The topological polar surface area (TPSA) is 47.6 Å². The predicted octanol–water partition coefficient (Wildman–Crippen LogP) is 3.41. The van der Waals surface area contributed by atoms with Gasteiger partial charge in [-0.3, -0.25) is 4.79 Å². The SMILES string of the molecule is COc1cccc2c1OCC=C2C(=O)NC1C2CC3CC(C2)CC1C3. The fourth-order valence-electron chi connectivity index (χ4n) is 5.96. The van der Waals surface area contributed by atoms with Crippen molar-refractivity contribution in [3.8, 4) is 11.5 Å². The maximum atomic E-state index is 13.1. The van der Waals surface area contributed by atoms with Gasteiger partial charge in [0.05, 0.1) is 7.11 Å². The van der Waals surface area contributed by atoms with E-state index >= 15 is 0 Å². The summed E-state index contributed by atoms with van der Waals surface area (Å²) in [4.78, 5) is 13.1. The minimum Gasteiger partial charge on any atom is -0.493 e. The van der Waals surface area contributed by atoms with E-state index in [1.807, 2.05) is 24.3 Å². The largest absolute Gasteiger partial charge is 0.493 e. The fourth-order valence-corrected chi connectivity index (χ4v) is 5.96. The highest BCUT2D eigenvalue weighted by molar-refractivity contribution is 6.20. The average molecular weight is 339 g/mol. The van der Waals surface area contributed by atoms with Gasteiger partial charge in [0.1, 0.15) is 6.61 Å². The smallest absolute Gasteiger partial charge is 0.252 e. The summed E-state index contributed by atoms with van der Waals surface area (Å²) in [6, 6.07) is 6.09. The van der Waals surface area contributed by atoms with Crippen molar-refractivity contribution in [1.82, 2.24) is 5.32 Å². The summed E-state index contributed by atoms with van der Waals surface area (Å²) in [7, 11) is 1.63. The highest BCUT2D eigenvalue weighted by Crippen LogP contribution is 2.53. The third-order valence-corrected chi connectivity index (χ3v) is 6.77. The molecule has 0 saturated heterocycles. The maximum Gasteiger partial charge on any atom is 0.252 e. The zero-order valence-electron chi connectivity index (χ0n) is 14.7. The molecule has 0 aromatic heterocycles. The molecule has 0 spiro atoms. The van der Waals surface area contributed by atoms with Crippen molar-refractivity contribution in [2.24, 2.45) is 23.7 Å². The summed E-state index contributed by atoms with van der Waals surface area (Å²) in [5.41, 5.74) is 1.57. The van der Waals surface area contributed by atoms with E-state index in [0.29, 0.717) is 36.0 Å². The van der Waals surface area contributed by atoms with E-state index in [4.69, 9.17) is 9.47 Å². The number of carbonyl (C=O) groups excluding carboxylic acids is 1. The second kappa shape index (κ2) is 5.79. The number of amides is 1. The number of hydrogen-bond acceptors (Lipinski definition) is 3. The number of carbonyl (C=O) groups is 1. The lowest BCUT2D eigenvalue weighted by molar-refractivity contribution is -0.119. The molecular formula is C21H25NO3. The Bertz CT molecular complexity index is 711. The molecule has 4 aliphatic carbocycles. The molecule has 4 saturated carbocycles. The van der Waals surface area contributed by atoms with Gasteiger partial charge in [0.2, 0.25) is 0 Å². The Balaban J connectivity index is 1.38. The summed E-state index contributed by atoms with van der Waals surface area (Å²) < 4.78 is 11.1. The Hall–Kier alpha value is -1.97. The quantitative estimate of drug-likeness (QED) is 0.918. The lowest BCUT2D eigenvalue weighted by Gasteiger charge is -2.54. The molecule has 132 valence electrons. The van der Waals surface area contributed by atoms with Crippen molar-refractivity contribution >= 4 is 11.5 Å². The van der Waals surface area contributed by atoms with Crippen LogP contribution in [-0.2, 0) is 4.79 Å². The molecule has 0 unspecified atom stereocenters. The van der Waals surface area contributed by atoms with Gasteiger partial charge in [0, 0.05) is 17.2 Å². The van der Waals surface area contributed by atoms with Crippen LogP contribution < -0.4 is 14.8 Å². The highest BCUT2D eigenvalue weighted by atomic mass is 16.5. The van der Waals surface area contributed by atoms with Gasteiger partial charge < -0.3 is 14.8 Å². The summed E-state index contributed by atoms with van der Waals surface area (Å²) in [6.45, 7) is 0.414. The fraction of sp³-hybridized carbons (Fsp3) is 0.571. The van der Waals surface area contributed by atoms with Gasteiger partial charge >= 0.3 is 0 Å². The van der Waals surface area contributed by atoms with Gasteiger partial charge in [-0.2, -0.15) is 0 Å². The molecule has 1 heterocycles. The predicted molar refractivity (Wildman–Crippen MR) is 95.4 cm³/mol. The van der Waals surface area contributed by atoms with Crippen molar-refractivity contribution < 1.29 is 14.3 Å². The first-order chi connectivity index (χ1) is 12.2. The molecule has 1 aromatic rings.